The van der Waals surface area contributed by atoms with E-state index in [0.717, 1.165) is 31.9 Å². The highest BCUT2D eigenvalue weighted by atomic mass is 16.5. The number of para-hydroxylation sites is 1. The fraction of sp³-hybridized carbons (Fsp3) is 0.579. The Kier molecular flexibility index (Phi) is 6.60. The highest BCUT2D eigenvalue weighted by molar-refractivity contribution is 5.94. The number of rotatable bonds is 5. The molecule has 3 rings (SSSR count). The van der Waals surface area contributed by atoms with Gasteiger partial charge in [-0.3, -0.25) is 19.4 Å². The molecule has 2 aliphatic heterocycles. The first kappa shape index (κ1) is 18.8. The van der Waals surface area contributed by atoms with Crippen LogP contribution < -0.4 is 5.32 Å². The van der Waals surface area contributed by atoms with Gasteiger partial charge in [0.1, 0.15) is 0 Å². The second kappa shape index (κ2) is 9.12. The molecule has 0 saturated carbocycles. The maximum absolute atomic E-state index is 12.4. The number of piperazine rings is 1. The Morgan fingerprint density at radius 1 is 1.04 bits per heavy atom. The summed E-state index contributed by atoms with van der Waals surface area (Å²) in [6.07, 6.45) is 0. The minimum absolute atomic E-state index is 0.00837. The van der Waals surface area contributed by atoms with Crippen LogP contribution in [0.25, 0.3) is 0 Å². The number of anilines is 1. The lowest BCUT2D eigenvalue weighted by Gasteiger charge is -2.38. The van der Waals surface area contributed by atoms with Crippen molar-refractivity contribution in [3.63, 3.8) is 0 Å². The first-order chi connectivity index (χ1) is 12.6. The smallest absolute Gasteiger partial charge is 0.241 e. The number of nitrogens with zero attached hydrogens (tertiary/aromatic N) is 3. The molecule has 2 heterocycles. The van der Waals surface area contributed by atoms with Gasteiger partial charge in [0.05, 0.1) is 25.8 Å². The maximum Gasteiger partial charge on any atom is 0.241 e. The summed E-state index contributed by atoms with van der Waals surface area (Å²) in [6, 6.07) is 9.33. The normalized spacial score (nSPS) is 20.6. The largest absolute Gasteiger partial charge is 0.378 e. The van der Waals surface area contributed by atoms with E-state index in [0.29, 0.717) is 32.8 Å². The van der Waals surface area contributed by atoms with Crippen LogP contribution in [0.15, 0.2) is 30.3 Å². The van der Waals surface area contributed by atoms with Crippen LogP contribution in [-0.2, 0) is 14.3 Å². The molecule has 7 nitrogen and oxygen atoms in total. The monoisotopic (exact) mass is 360 g/mol. The summed E-state index contributed by atoms with van der Waals surface area (Å²) in [5.41, 5.74) is 0.819. The van der Waals surface area contributed by atoms with Crippen LogP contribution in [0.2, 0.25) is 0 Å². The van der Waals surface area contributed by atoms with Crippen LogP contribution in [0.5, 0.6) is 0 Å². The molecule has 0 bridgehead atoms. The van der Waals surface area contributed by atoms with E-state index in [4.69, 9.17) is 4.74 Å². The molecule has 2 amide bonds. The van der Waals surface area contributed by atoms with Crippen molar-refractivity contribution >= 4 is 17.5 Å². The summed E-state index contributed by atoms with van der Waals surface area (Å²) in [4.78, 5) is 31.0. The quantitative estimate of drug-likeness (QED) is 0.828. The fourth-order valence-corrected chi connectivity index (χ4v) is 3.35. The van der Waals surface area contributed by atoms with Gasteiger partial charge < -0.3 is 15.0 Å². The summed E-state index contributed by atoms with van der Waals surface area (Å²) >= 11 is 0. The molecule has 0 spiro atoms. The predicted octanol–water partition coefficient (Wildman–Crippen LogP) is 0.490. The highest BCUT2D eigenvalue weighted by Crippen LogP contribution is 2.11. The van der Waals surface area contributed by atoms with Crippen molar-refractivity contribution in [2.45, 2.75) is 13.0 Å². The minimum atomic E-state index is -0.188. The van der Waals surface area contributed by atoms with Crippen LogP contribution in [0, 0.1) is 0 Å². The SMILES string of the molecule is C[C@H](C(=O)Nc1ccccc1)N1CCN(CC(=O)N2CCOCC2)CC1. The van der Waals surface area contributed by atoms with Gasteiger partial charge in [-0.1, -0.05) is 18.2 Å². The molecule has 142 valence electrons. The van der Waals surface area contributed by atoms with E-state index in [1.807, 2.05) is 42.2 Å². The number of morpholine rings is 1. The van der Waals surface area contributed by atoms with Crippen LogP contribution >= 0.6 is 0 Å². The molecular formula is C19H28N4O3. The molecular weight excluding hydrogens is 332 g/mol. The number of hydrogen-bond donors (Lipinski definition) is 1. The van der Waals surface area contributed by atoms with Gasteiger partial charge in [-0.05, 0) is 19.1 Å². The molecule has 0 aliphatic carbocycles. The van der Waals surface area contributed by atoms with Gasteiger partial charge >= 0.3 is 0 Å². The van der Waals surface area contributed by atoms with Crippen LogP contribution in [0.4, 0.5) is 5.69 Å². The lowest BCUT2D eigenvalue weighted by atomic mass is 10.2. The Bertz CT molecular complexity index is 596. The zero-order valence-corrected chi connectivity index (χ0v) is 15.4. The number of benzene rings is 1. The lowest BCUT2D eigenvalue weighted by Crippen LogP contribution is -2.55. The summed E-state index contributed by atoms with van der Waals surface area (Å²) in [7, 11) is 0. The topological polar surface area (TPSA) is 65.1 Å². The molecule has 2 fully saturated rings. The number of amides is 2. The van der Waals surface area contributed by atoms with Crippen molar-refractivity contribution < 1.29 is 14.3 Å². The van der Waals surface area contributed by atoms with Crippen LogP contribution in [-0.4, -0.2) is 91.6 Å². The van der Waals surface area contributed by atoms with Gasteiger partial charge in [0, 0.05) is 45.0 Å². The maximum atomic E-state index is 12.4. The van der Waals surface area contributed by atoms with Crippen LogP contribution in [0.1, 0.15) is 6.92 Å². The van der Waals surface area contributed by atoms with E-state index in [1.54, 1.807) is 0 Å². The lowest BCUT2D eigenvalue weighted by molar-refractivity contribution is -0.137. The molecule has 0 unspecified atom stereocenters. The standard InChI is InChI=1S/C19H28N4O3/c1-16(19(25)20-17-5-3-2-4-6-17)22-9-7-21(8-10-22)15-18(24)23-11-13-26-14-12-23/h2-6,16H,7-15H2,1H3,(H,20,25)/t16-/m1/s1. The Balaban J connectivity index is 1.42. The summed E-state index contributed by atoms with van der Waals surface area (Å²) in [5.74, 6) is 0.186. The van der Waals surface area contributed by atoms with E-state index in [-0.39, 0.29) is 17.9 Å². The van der Waals surface area contributed by atoms with E-state index >= 15 is 0 Å². The molecule has 1 atom stereocenters. The Morgan fingerprint density at radius 2 is 1.69 bits per heavy atom. The van der Waals surface area contributed by atoms with Crippen molar-refractivity contribution in [3.8, 4) is 0 Å². The molecule has 7 heteroatoms. The van der Waals surface area contributed by atoms with Crippen molar-refractivity contribution in [1.29, 1.82) is 0 Å². The molecule has 2 aliphatic rings. The van der Waals surface area contributed by atoms with Crippen molar-refractivity contribution in [3.05, 3.63) is 30.3 Å². The van der Waals surface area contributed by atoms with Gasteiger partial charge in [0.2, 0.25) is 11.8 Å². The fourth-order valence-electron chi connectivity index (χ4n) is 3.35. The third-order valence-electron chi connectivity index (χ3n) is 5.10. The van der Waals surface area contributed by atoms with Crippen LogP contribution in [0.3, 0.4) is 0 Å². The molecule has 1 N–H and O–H groups in total. The van der Waals surface area contributed by atoms with Gasteiger partial charge in [0.25, 0.3) is 0 Å². The Labute approximate surface area is 154 Å². The van der Waals surface area contributed by atoms with Gasteiger partial charge in [-0.25, -0.2) is 0 Å². The van der Waals surface area contributed by atoms with E-state index in [9.17, 15) is 9.59 Å². The van der Waals surface area contributed by atoms with Crippen molar-refractivity contribution in [1.82, 2.24) is 14.7 Å². The van der Waals surface area contributed by atoms with E-state index in [1.165, 1.54) is 0 Å². The first-order valence-electron chi connectivity index (χ1n) is 9.31. The second-order valence-electron chi connectivity index (χ2n) is 6.84. The summed E-state index contributed by atoms with van der Waals surface area (Å²) in [5, 5.41) is 2.96. The van der Waals surface area contributed by atoms with Crippen molar-refractivity contribution in [2.75, 3.05) is 64.3 Å². The second-order valence-corrected chi connectivity index (χ2v) is 6.84. The minimum Gasteiger partial charge on any atom is -0.378 e. The first-order valence-corrected chi connectivity index (χ1v) is 9.31. The Hall–Kier alpha value is -1.96. The molecule has 0 aromatic heterocycles. The predicted molar refractivity (Wildman–Crippen MR) is 99.9 cm³/mol. The van der Waals surface area contributed by atoms with Gasteiger partial charge in [0.15, 0.2) is 0 Å². The zero-order valence-electron chi connectivity index (χ0n) is 15.4. The number of carbonyl (C=O) groups excluding carboxylic acids is 2. The Morgan fingerprint density at radius 3 is 2.35 bits per heavy atom. The molecule has 26 heavy (non-hydrogen) atoms. The zero-order chi connectivity index (χ0) is 18.4. The summed E-state index contributed by atoms with van der Waals surface area (Å²) < 4.78 is 5.29. The van der Waals surface area contributed by atoms with Gasteiger partial charge in [-0.15, -0.1) is 0 Å². The third-order valence-corrected chi connectivity index (χ3v) is 5.10. The molecule has 1 aromatic rings. The van der Waals surface area contributed by atoms with E-state index in [2.05, 4.69) is 15.1 Å². The molecule has 1 aromatic carbocycles. The summed E-state index contributed by atoms with van der Waals surface area (Å²) in [6.45, 7) is 8.23. The van der Waals surface area contributed by atoms with E-state index < -0.39 is 0 Å². The number of ether oxygens (including phenoxy) is 1. The number of hydrogen-bond acceptors (Lipinski definition) is 5. The third kappa shape index (κ3) is 5.03. The number of nitrogens with one attached hydrogen (secondary N) is 1. The van der Waals surface area contributed by atoms with Gasteiger partial charge in [-0.2, -0.15) is 0 Å². The number of carbonyl (C=O) groups is 2. The molecule has 2 saturated heterocycles. The van der Waals surface area contributed by atoms with Crippen molar-refractivity contribution in [2.24, 2.45) is 0 Å². The average Bonchev–Trinajstić information content (AvgIpc) is 2.69. The molecule has 0 radical (unpaired) electrons. The average molecular weight is 360 g/mol. The highest BCUT2D eigenvalue weighted by Gasteiger charge is 2.27.